The minimum absolute atomic E-state index is 0.580. The van der Waals surface area contributed by atoms with Gasteiger partial charge in [0.25, 0.3) is 0 Å². The summed E-state index contributed by atoms with van der Waals surface area (Å²) in [7, 11) is 0. The molecule has 4 heteroatoms. The molecule has 0 aliphatic rings. The highest BCUT2D eigenvalue weighted by molar-refractivity contribution is 6.42. The topological polar surface area (TPSA) is 29.3 Å². The normalized spacial score (nSPS) is 11.2. The number of benzene rings is 2. The van der Waals surface area contributed by atoms with Crippen LogP contribution in [0.5, 0.6) is 0 Å². The van der Waals surface area contributed by atoms with Crippen LogP contribution in [0.3, 0.4) is 0 Å². The minimum Gasteiger partial charge on any atom is -0.370 e. The lowest BCUT2D eigenvalue weighted by Gasteiger charge is -2.26. The molecular weight excluding hydrogens is 339 g/mol. The zero-order valence-corrected chi connectivity index (χ0v) is 15.5. The molecule has 0 spiro atoms. The second-order valence-electron chi connectivity index (χ2n) is 5.68. The van der Waals surface area contributed by atoms with E-state index in [1.165, 1.54) is 11.3 Å². The van der Waals surface area contributed by atoms with E-state index in [9.17, 15) is 0 Å². The quantitative estimate of drug-likeness (QED) is 0.678. The maximum Gasteiger partial charge on any atom is 0.0598 e. The third-order valence-corrected chi connectivity index (χ3v) is 4.56. The fraction of sp³-hybridized carbons (Fsp3) is 0.300. The molecule has 2 aromatic carbocycles. The number of hydrogen-bond donors (Lipinski definition) is 1. The van der Waals surface area contributed by atoms with Crippen LogP contribution in [0.2, 0.25) is 10.0 Å². The molecule has 0 heterocycles. The van der Waals surface area contributed by atoms with Crippen molar-refractivity contribution in [2.45, 2.75) is 19.8 Å². The van der Waals surface area contributed by atoms with Crippen LogP contribution in [0, 0.1) is 0 Å². The van der Waals surface area contributed by atoms with Crippen molar-refractivity contribution >= 4 is 35.0 Å². The average Bonchev–Trinajstić information content (AvgIpc) is 2.58. The lowest BCUT2D eigenvalue weighted by molar-refractivity contribution is 0.759. The lowest BCUT2D eigenvalue weighted by Crippen LogP contribution is -2.30. The Hall–Kier alpha value is -1.48. The smallest absolute Gasteiger partial charge is 0.0598 e. The summed E-state index contributed by atoms with van der Waals surface area (Å²) in [4.78, 5) is 2.36. The van der Waals surface area contributed by atoms with Crippen molar-refractivity contribution < 1.29 is 0 Å². The molecule has 0 amide bonds. The molecule has 0 unspecified atom stereocenters. The van der Waals surface area contributed by atoms with Crippen molar-refractivity contribution in [2.75, 3.05) is 24.5 Å². The van der Waals surface area contributed by atoms with Crippen LogP contribution in [-0.4, -0.2) is 19.6 Å². The number of anilines is 1. The third-order valence-electron chi connectivity index (χ3n) is 3.82. The van der Waals surface area contributed by atoms with E-state index in [1.54, 1.807) is 0 Å². The monoisotopic (exact) mass is 362 g/mol. The zero-order valence-electron chi connectivity index (χ0n) is 14.0. The van der Waals surface area contributed by atoms with Crippen LogP contribution in [0.1, 0.15) is 24.5 Å². The number of hydrogen-bond acceptors (Lipinski definition) is 2. The fourth-order valence-corrected chi connectivity index (χ4v) is 3.01. The highest BCUT2D eigenvalue weighted by atomic mass is 35.5. The first-order valence-electron chi connectivity index (χ1n) is 8.30. The summed E-state index contributed by atoms with van der Waals surface area (Å²) >= 11 is 12.0. The van der Waals surface area contributed by atoms with Crippen LogP contribution in [0.15, 0.2) is 48.5 Å². The first kappa shape index (κ1) is 18.9. The molecule has 0 fully saturated rings. The Morgan fingerprint density at radius 1 is 1.04 bits per heavy atom. The van der Waals surface area contributed by atoms with Crippen molar-refractivity contribution in [3.05, 3.63) is 69.7 Å². The molecule has 128 valence electrons. The van der Waals surface area contributed by atoms with Crippen molar-refractivity contribution in [2.24, 2.45) is 5.73 Å². The average molecular weight is 363 g/mol. The van der Waals surface area contributed by atoms with E-state index in [0.717, 1.165) is 31.5 Å². The van der Waals surface area contributed by atoms with Crippen LogP contribution in [-0.2, 0) is 6.42 Å². The Balaban J connectivity index is 2.14. The summed E-state index contributed by atoms with van der Waals surface area (Å²) in [5.74, 6) is 0. The van der Waals surface area contributed by atoms with Gasteiger partial charge in [-0.1, -0.05) is 66.5 Å². The minimum atomic E-state index is 0.580. The maximum atomic E-state index is 6.06. The maximum absolute atomic E-state index is 6.06. The molecular formula is C20H24Cl2N2. The molecule has 2 rings (SSSR count). The van der Waals surface area contributed by atoms with Crippen molar-refractivity contribution in [1.29, 1.82) is 0 Å². The highest BCUT2D eigenvalue weighted by Crippen LogP contribution is 2.24. The van der Waals surface area contributed by atoms with Gasteiger partial charge in [0.2, 0.25) is 0 Å². The van der Waals surface area contributed by atoms with E-state index in [4.69, 9.17) is 28.9 Å². The number of allylic oxidation sites excluding steroid dienone is 1. The van der Waals surface area contributed by atoms with Gasteiger partial charge in [0, 0.05) is 25.3 Å². The molecule has 2 N–H and O–H groups in total. The summed E-state index contributed by atoms with van der Waals surface area (Å²) in [5, 5.41) is 1.16. The van der Waals surface area contributed by atoms with Gasteiger partial charge in [-0.2, -0.15) is 0 Å². The largest absolute Gasteiger partial charge is 0.370 e. The van der Waals surface area contributed by atoms with Gasteiger partial charge in [-0.25, -0.2) is 0 Å². The van der Waals surface area contributed by atoms with Crippen molar-refractivity contribution in [3.63, 3.8) is 0 Å². The number of nitrogens with two attached hydrogens (primary N) is 1. The molecule has 0 atom stereocenters. The number of rotatable bonds is 8. The number of para-hydroxylation sites is 1. The molecule has 0 aliphatic carbocycles. The Morgan fingerprint density at radius 3 is 2.54 bits per heavy atom. The summed E-state index contributed by atoms with van der Waals surface area (Å²) in [6.07, 6.45) is 6.20. The molecule has 0 saturated carbocycles. The van der Waals surface area contributed by atoms with E-state index in [1.807, 2.05) is 18.2 Å². The SMILES string of the molecule is CCCN(CCN)c1ccccc1C/C=C/c1ccc(Cl)c(Cl)c1. The number of halogens is 2. The Morgan fingerprint density at radius 2 is 1.83 bits per heavy atom. The Bertz CT molecular complexity index is 677. The van der Waals surface area contributed by atoms with Gasteiger partial charge in [-0.05, 0) is 42.2 Å². The molecule has 0 aliphatic heterocycles. The standard InChI is InChI=1S/C20H24Cl2N2/c1-2-13-24(14-12-23)20-9-4-3-7-17(20)8-5-6-16-10-11-18(21)19(22)15-16/h3-7,9-11,15H,2,8,12-14,23H2,1H3/b6-5+. The summed E-state index contributed by atoms with van der Waals surface area (Å²) in [6.45, 7) is 4.75. The number of nitrogens with zero attached hydrogens (tertiary/aromatic N) is 1. The third kappa shape index (κ3) is 5.27. The van der Waals surface area contributed by atoms with Gasteiger partial charge in [-0.3, -0.25) is 0 Å². The molecule has 0 radical (unpaired) electrons. The zero-order chi connectivity index (χ0) is 17.4. The highest BCUT2D eigenvalue weighted by Gasteiger charge is 2.08. The van der Waals surface area contributed by atoms with Crippen molar-refractivity contribution in [3.8, 4) is 0 Å². The summed E-state index contributed by atoms with van der Waals surface area (Å²) < 4.78 is 0. The van der Waals surface area contributed by atoms with Crippen LogP contribution < -0.4 is 10.6 Å². The van der Waals surface area contributed by atoms with Crippen LogP contribution >= 0.6 is 23.2 Å². The predicted molar refractivity (Wildman–Crippen MR) is 107 cm³/mol. The van der Waals surface area contributed by atoms with Gasteiger partial charge >= 0.3 is 0 Å². The van der Waals surface area contributed by atoms with E-state index in [0.29, 0.717) is 16.6 Å². The van der Waals surface area contributed by atoms with Gasteiger partial charge in [-0.15, -0.1) is 0 Å². The molecule has 2 aromatic rings. The first-order chi connectivity index (χ1) is 11.7. The lowest BCUT2D eigenvalue weighted by atomic mass is 10.1. The van der Waals surface area contributed by atoms with Gasteiger partial charge in [0.1, 0.15) is 0 Å². The van der Waals surface area contributed by atoms with Gasteiger partial charge in [0.05, 0.1) is 10.0 Å². The summed E-state index contributed by atoms with van der Waals surface area (Å²) in [6, 6.07) is 14.2. The van der Waals surface area contributed by atoms with Gasteiger partial charge < -0.3 is 10.6 Å². The summed E-state index contributed by atoms with van der Waals surface area (Å²) in [5.41, 5.74) is 9.39. The predicted octanol–water partition coefficient (Wildman–Crippen LogP) is 5.42. The molecule has 0 saturated heterocycles. The molecule has 0 bridgehead atoms. The van der Waals surface area contributed by atoms with E-state index in [-0.39, 0.29) is 0 Å². The first-order valence-corrected chi connectivity index (χ1v) is 9.05. The van der Waals surface area contributed by atoms with E-state index >= 15 is 0 Å². The van der Waals surface area contributed by atoms with Gasteiger partial charge in [0.15, 0.2) is 0 Å². The molecule has 0 aromatic heterocycles. The van der Waals surface area contributed by atoms with E-state index < -0.39 is 0 Å². The van der Waals surface area contributed by atoms with Crippen molar-refractivity contribution in [1.82, 2.24) is 0 Å². The second kappa shape index (κ2) is 9.73. The Labute approximate surface area is 154 Å². The Kier molecular flexibility index (Phi) is 7.64. The molecule has 24 heavy (non-hydrogen) atoms. The fourth-order valence-electron chi connectivity index (χ4n) is 2.71. The van der Waals surface area contributed by atoms with Crippen LogP contribution in [0.25, 0.3) is 6.08 Å². The molecule has 2 nitrogen and oxygen atoms in total. The van der Waals surface area contributed by atoms with E-state index in [2.05, 4.69) is 48.2 Å². The second-order valence-corrected chi connectivity index (χ2v) is 6.50. The van der Waals surface area contributed by atoms with Crippen LogP contribution in [0.4, 0.5) is 5.69 Å².